The van der Waals surface area contributed by atoms with Crippen LogP contribution in [0.25, 0.3) is 6.08 Å². The fraction of sp³-hybridized carbons (Fsp3) is 0.474. The molecule has 2 unspecified atom stereocenters. The molecule has 23 heavy (non-hydrogen) atoms. The van der Waals surface area contributed by atoms with Crippen LogP contribution in [-0.4, -0.2) is 26.2 Å². The van der Waals surface area contributed by atoms with Gasteiger partial charge in [-0.05, 0) is 31.4 Å². The lowest BCUT2D eigenvalue weighted by molar-refractivity contribution is -0.156. The highest BCUT2D eigenvalue weighted by molar-refractivity contribution is 5.82. The number of ether oxygens (including phenoxy) is 2. The van der Waals surface area contributed by atoms with E-state index in [0.29, 0.717) is 6.42 Å². The van der Waals surface area contributed by atoms with Crippen molar-refractivity contribution in [2.24, 2.45) is 11.3 Å². The van der Waals surface area contributed by atoms with Gasteiger partial charge in [0.25, 0.3) is 0 Å². The summed E-state index contributed by atoms with van der Waals surface area (Å²) < 4.78 is 9.92. The third-order valence-corrected chi connectivity index (χ3v) is 5.03. The normalized spacial score (nSPS) is 20.7. The van der Waals surface area contributed by atoms with E-state index in [2.05, 4.69) is 0 Å². The number of fused-ring (bicyclic) bond motifs is 1. The number of hydrogen-bond acceptors (Lipinski definition) is 4. The van der Waals surface area contributed by atoms with Gasteiger partial charge in [0.05, 0.1) is 25.6 Å². The minimum absolute atomic E-state index is 0.275. The zero-order valence-electron chi connectivity index (χ0n) is 14.4. The van der Waals surface area contributed by atoms with E-state index in [4.69, 9.17) is 9.47 Å². The molecule has 0 fully saturated rings. The molecule has 0 saturated heterocycles. The van der Waals surface area contributed by atoms with Gasteiger partial charge in [0.1, 0.15) is 0 Å². The van der Waals surface area contributed by atoms with E-state index < -0.39 is 10.8 Å². The number of carbonyl (C=O) groups excluding carboxylic acids is 2. The summed E-state index contributed by atoms with van der Waals surface area (Å²) in [6, 6.07) is 7.96. The van der Waals surface area contributed by atoms with Crippen molar-refractivity contribution >= 4 is 18.0 Å². The van der Waals surface area contributed by atoms with Gasteiger partial charge in [0.2, 0.25) is 0 Å². The van der Waals surface area contributed by atoms with Crippen LogP contribution in [0.1, 0.15) is 38.3 Å². The van der Waals surface area contributed by atoms with Gasteiger partial charge in [-0.15, -0.1) is 0 Å². The number of allylic oxidation sites excluding steroid dienone is 1. The zero-order valence-corrected chi connectivity index (χ0v) is 14.4. The van der Waals surface area contributed by atoms with Gasteiger partial charge >= 0.3 is 11.9 Å². The molecule has 0 saturated carbocycles. The van der Waals surface area contributed by atoms with Crippen LogP contribution in [0.2, 0.25) is 0 Å². The topological polar surface area (TPSA) is 52.6 Å². The average molecular weight is 316 g/mol. The Kier molecular flexibility index (Phi) is 4.64. The third kappa shape index (κ3) is 2.67. The van der Waals surface area contributed by atoms with E-state index >= 15 is 0 Å². The minimum Gasteiger partial charge on any atom is -0.469 e. The maximum Gasteiger partial charge on any atom is 0.312 e. The highest BCUT2D eigenvalue weighted by Crippen LogP contribution is 2.52. The molecule has 0 heterocycles. The van der Waals surface area contributed by atoms with E-state index in [1.807, 2.05) is 57.2 Å². The Morgan fingerprint density at radius 1 is 1.17 bits per heavy atom. The van der Waals surface area contributed by atoms with Crippen molar-refractivity contribution < 1.29 is 19.1 Å². The SMILES string of the molecule is COC(=O)C(C)CC1(C(C)(C)C(=O)OC)C=Cc2ccccc21. The summed E-state index contributed by atoms with van der Waals surface area (Å²) in [5.41, 5.74) is 0.699. The first-order valence-electron chi connectivity index (χ1n) is 7.75. The Labute approximate surface area is 137 Å². The van der Waals surface area contributed by atoms with Gasteiger partial charge < -0.3 is 9.47 Å². The molecule has 0 bridgehead atoms. The van der Waals surface area contributed by atoms with Crippen molar-refractivity contribution in [2.45, 2.75) is 32.6 Å². The van der Waals surface area contributed by atoms with Crippen molar-refractivity contribution in [3.63, 3.8) is 0 Å². The summed E-state index contributed by atoms with van der Waals surface area (Å²) >= 11 is 0. The van der Waals surface area contributed by atoms with Crippen LogP contribution < -0.4 is 0 Å². The number of methoxy groups -OCH3 is 2. The third-order valence-electron chi connectivity index (χ3n) is 5.03. The van der Waals surface area contributed by atoms with E-state index in [9.17, 15) is 9.59 Å². The van der Waals surface area contributed by atoms with Gasteiger partial charge in [-0.3, -0.25) is 9.59 Å². The summed E-state index contributed by atoms with van der Waals surface area (Å²) in [6.07, 6.45) is 4.54. The summed E-state index contributed by atoms with van der Waals surface area (Å²) in [6.45, 7) is 5.57. The highest BCUT2D eigenvalue weighted by atomic mass is 16.5. The number of esters is 2. The van der Waals surface area contributed by atoms with E-state index in [1.165, 1.54) is 14.2 Å². The predicted molar refractivity (Wildman–Crippen MR) is 88.7 cm³/mol. The van der Waals surface area contributed by atoms with Crippen molar-refractivity contribution in [3.05, 3.63) is 41.5 Å². The summed E-state index contributed by atoms with van der Waals surface area (Å²) in [5.74, 6) is -0.904. The second kappa shape index (κ2) is 6.19. The minimum atomic E-state index is -0.812. The van der Waals surface area contributed by atoms with Crippen LogP contribution in [-0.2, 0) is 24.5 Å². The Morgan fingerprint density at radius 2 is 1.83 bits per heavy atom. The fourth-order valence-electron chi connectivity index (χ4n) is 3.55. The molecule has 0 amide bonds. The molecular formula is C19H24O4. The molecule has 124 valence electrons. The molecule has 1 aromatic rings. The number of benzene rings is 1. The molecular weight excluding hydrogens is 292 g/mol. The molecule has 1 aliphatic carbocycles. The van der Waals surface area contributed by atoms with E-state index in [-0.39, 0.29) is 17.9 Å². The standard InChI is InChI=1S/C19H24O4/c1-13(16(20)22-4)12-19(18(2,3)17(21)23-5)11-10-14-8-6-7-9-15(14)19/h6-11,13H,12H2,1-5H3. The van der Waals surface area contributed by atoms with Gasteiger partial charge in [0, 0.05) is 5.41 Å². The van der Waals surface area contributed by atoms with Crippen LogP contribution in [0.5, 0.6) is 0 Å². The quantitative estimate of drug-likeness (QED) is 0.782. The van der Waals surface area contributed by atoms with Gasteiger partial charge in [-0.1, -0.05) is 43.3 Å². The number of rotatable bonds is 5. The maximum absolute atomic E-state index is 12.5. The zero-order chi connectivity index (χ0) is 17.3. The first-order valence-corrected chi connectivity index (χ1v) is 7.75. The molecule has 1 aromatic carbocycles. The van der Waals surface area contributed by atoms with Crippen molar-refractivity contribution in [1.82, 2.24) is 0 Å². The second-order valence-corrected chi connectivity index (χ2v) is 6.64. The molecule has 4 nitrogen and oxygen atoms in total. The van der Waals surface area contributed by atoms with Crippen LogP contribution in [0.4, 0.5) is 0 Å². The Bertz CT molecular complexity index is 645. The Hall–Kier alpha value is -2.10. The molecule has 0 radical (unpaired) electrons. The summed E-state index contributed by atoms with van der Waals surface area (Å²) in [7, 11) is 2.78. The van der Waals surface area contributed by atoms with Crippen LogP contribution >= 0.6 is 0 Å². The summed E-state index contributed by atoms with van der Waals surface area (Å²) in [4.78, 5) is 24.4. The van der Waals surface area contributed by atoms with Crippen LogP contribution in [0.15, 0.2) is 30.3 Å². The fourth-order valence-corrected chi connectivity index (χ4v) is 3.55. The predicted octanol–water partition coefficient (Wildman–Crippen LogP) is 3.35. The van der Waals surface area contributed by atoms with E-state index in [0.717, 1.165) is 11.1 Å². The average Bonchev–Trinajstić information content (AvgIpc) is 2.93. The lowest BCUT2D eigenvalue weighted by Gasteiger charge is -2.43. The van der Waals surface area contributed by atoms with Gasteiger partial charge in [-0.25, -0.2) is 0 Å². The molecule has 4 heteroatoms. The lowest BCUT2D eigenvalue weighted by atomic mass is 9.59. The van der Waals surface area contributed by atoms with E-state index in [1.54, 1.807) is 0 Å². The van der Waals surface area contributed by atoms with Crippen molar-refractivity contribution in [1.29, 1.82) is 0 Å². The molecule has 0 spiro atoms. The molecule has 2 atom stereocenters. The molecule has 1 aliphatic rings. The first kappa shape index (κ1) is 17.3. The monoisotopic (exact) mass is 316 g/mol. The molecule has 0 aliphatic heterocycles. The molecule has 0 aromatic heterocycles. The maximum atomic E-state index is 12.5. The van der Waals surface area contributed by atoms with Gasteiger partial charge in [0.15, 0.2) is 0 Å². The molecule has 0 N–H and O–H groups in total. The smallest absolute Gasteiger partial charge is 0.312 e. The summed E-state index contributed by atoms with van der Waals surface area (Å²) in [5, 5.41) is 0. The number of hydrogen-bond donors (Lipinski definition) is 0. The Morgan fingerprint density at radius 3 is 2.43 bits per heavy atom. The van der Waals surface area contributed by atoms with Gasteiger partial charge in [-0.2, -0.15) is 0 Å². The molecule has 2 rings (SSSR count). The second-order valence-electron chi connectivity index (χ2n) is 6.64. The highest BCUT2D eigenvalue weighted by Gasteiger charge is 2.53. The Balaban J connectivity index is 2.56. The largest absolute Gasteiger partial charge is 0.469 e. The van der Waals surface area contributed by atoms with Crippen LogP contribution in [0, 0.1) is 11.3 Å². The van der Waals surface area contributed by atoms with Crippen molar-refractivity contribution in [2.75, 3.05) is 14.2 Å². The van der Waals surface area contributed by atoms with Crippen LogP contribution in [0.3, 0.4) is 0 Å². The lowest BCUT2D eigenvalue weighted by Crippen LogP contribution is -2.47. The van der Waals surface area contributed by atoms with Crippen molar-refractivity contribution in [3.8, 4) is 0 Å². The first-order chi connectivity index (χ1) is 10.8. The number of carbonyl (C=O) groups is 2.